The third kappa shape index (κ3) is 3.61. The van der Waals surface area contributed by atoms with Crippen molar-refractivity contribution in [3.63, 3.8) is 0 Å². The second-order valence-corrected chi connectivity index (χ2v) is 6.43. The van der Waals surface area contributed by atoms with Gasteiger partial charge in [0.1, 0.15) is 11.6 Å². The summed E-state index contributed by atoms with van der Waals surface area (Å²) in [6.45, 7) is 6.25. The number of hydrogen-bond acceptors (Lipinski definition) is 3. The molecule has 0 fully saturated rings. The molecule has 0 radical (unpaired) electrons. The maximum atomic E-state index is 5.53. The molecule has 0 spiro atoms. The van der Waals surface area contributed by atoms with Crippen LogP contribution in [-0.2, 0) is 12.8 Å². The van der Waals surface area contributed by atoms with Crippen LogP contribution < -0.4 is 10.1 Å². The highest BCUT2D eigenvalue weighted by atomic mass is 16.5. The molecule has 1 heterocycles. The lowest BCUT2D eigenvalue weighted by Crippen LogP contribution is -2.31. The van der Waals surface area contributed by atoms with Gasteiger partial charge in [0.25, 0.3) is 0 Å². The Morgan fingerprint density at radius 2 is 2.00 bits per heavy atom. The molecule has 0 unspecified atom stereocenters. The summed E-state index contributed by atoms with van der Waals surface area (Å²) >= 11 is 0. The van der Waals surface area contributed by atoms with Crippen LogP contribution in [0.25, 0.3) is 0 Å². The molecule has 24 heavy (non-hydrogen) atoms. The van der Waals surface area contributed by atoms with Crippen molar-refractivity contribution in [3.05, 3.63) is 64.2 Å². The molecule has 0 atom stereocenters. The van der Waals surface area contributed by atoms with Gasteiger partial charge in [-0.05, 0) is 55.9 Å². The van der Waals surface area contributed by atoms with Crippen LogP contribution >= 0.6 is 0 Å². The Kier molecular flexibility index (Phi) is 5.19. The molecule has 3 heteroatoms. The number of methoxy groups -OCH3 is 1. The number of benzene rings is 2. The Labute approximate surface area is 144 Å². The van der Waals surface area contributed by atoms with E-state index < -0.39 is 0 Å². The highest BCUT2D eigenvalue weighted by Crippen LogP contribution is 2.24. The minimum Gasteiger partial charge on any atom is -0.496 e. The SMILES string of the molecule is COc1ccc(C)cc1CCc1c(C)cccc1C1=NCCCN1. The molecule has 0 bridgehead atoms. The summed E-state index contributed by atoms with van der Waals surface area (Å²) in [4.78, 5) is 4.69. The molecule has 1 aliphatic rings. The maximum absolute atomic E-state index is 5.53. The first kappa shape index (κ1) is 16.6. The zero-order chi connectivity index (χ0) is 16.9. The van der Waals surface area contributed by atoms with E-state index in [1.54, 1.807) is 7.11 Å². The van der Waals surface area contributed by atoms with Crippen LogP contribution in [0.4, 0.5) is 0 Å². The van der Waals surface area contributed by atoms with Crippen LogP contribution in [0.3, 0.4) is 0 Å². The van der Waals surface area contributed by atoms with Gasteiger partial charge in [-0.2, -0.15) is 0 Å². The topological polar surface area (TPSA) is 33.6 Å². The highest BCUT2D eigenvalue weighted by molar-refractivity contribution is 6.00. The molecular weight excluding hydrogens is 296 g/mol. The molecule has 1 N–H and O–H groups in total. The average molecular weight is 322 g/mol. The molecule has 3 rings (SSSR count). The van der Waals surface area contributed by atoms with Crippen molar-refractivity contribution < 1.29 is 4.74 Å². The van der Waals surface area contributed by atoms with Gasteiger partial charge < -0.3 is 10.1 Å². The van der Waals surface area contributed by atoms with E-state index in [-0.39, 0.29) is 0 Å². The number of aryl methyl sites for hydroxylation is 3. The van der Waals surface area contributed by atoms with Crippen molar-refractivity contribution in [3.8, 4) is 5.75 Å². The predicted molar refractivity (Wildman–Crippen MR) is 100 cm³/mol. The molecule has 0 aliphatic carbocycles. The van der Waals surface area contributed by atoms with E-state index in [9.17, 15) is 0 Å². The van der Waals surface area contributed by atoms with E-state index in [0.717, 1.165) is 43.9 Å². The Hall–Kier alpha value is -2.29. The van der Waals surface area contributed by atoms with Gasteiger partial charge in [0, 0.05) is 18.7 Å². The van der Waals surface area contributed by atoms with Crippen LogP contribution in [-0.4, -0.2) is 26.0 Å². The lowest BCUT2D eigenvalue weighted by molar-refractivity contribution is 0.409. The summed E-state index contributed by atoms with van der Waals surface area (Å²) in [6, 6.07) is 12.9. The summed E-state index contributed by atoms with van der Waals surface area (Å²) in [7, 11) is 1.74. The van der Waals surface area contributed by atoms with Gasteiger partial charge in [0.05, 0.1) is 7.11 Å². The van der Waals surface area contributed by atoms with E-state index in [4.69, 9.17) is 4.74 Å². The van der Waals surface area contributed by atoms with Crippen molar-refractivity contribution in [2.45, 2.75) is 33.1 Å². The highest BCUT2D eigenvalue weighted by Gasteiger charge is 2.14. The summed E-state index contributed by atoms with van der Waals surface area (Å²) in [5.74, 6) is 2.03. The molecule has 3 nitrogen and oxygen atoms in total. The van der Waals surface area contributed by atoms with E-state index in [0.29, 0.717) is 0 Å². The minimum atomic E-state index is 0.918. The molecule has 2 aromatic rings. The Morgan fingerprint density at radius 1 is 1.12 bits per heavy atom. The summed E-state index contributed by atoms with van der Waals surface area (Å²) in [5, 5.41) is 3.46. The number of hydrogen-bond donors (Lipinski definition) is 1. The molecule has 0 aromatic heterocycles. The molecule has 126 valence electrons. The third-order valence-electron chi connectivity index (χ3n) is 4.64. The Balaban J connectivity index is 1.88. The molecule has 0 saturated carbocycles. The second kappa shape index (κ2) is 7.52. The number of amidine groups is 1. The van der Waals surface area contributed by atoms with Gasteiger partial charge in [-0.1, -0.05) is 35.9 Å². The van der Waals surface area contributed by atoms with E-state index in [2.05, 4.69) is 60.6 Å². The quantitative estimate of drug-likeness (QED) is 0.907. The number of rotatable bonds is 5. The molecule has 2 aromatic carbocycles. The normalized spacial score (nSPS) is 14.0. The van der Waals surface area contributed by atoms with Crippen LogP contribution in [0.2, 0.25) is 0 Å². The smallest absolute Gasteiger partial charge is 0.128 e. The van der Waals surface area contributed by atoms with Crippen molar-refractivity contribution in [2.24, 2.45) is 4.99 Å². The Bertz CT molecular complexity index is 749. The van der Waals surface area contributed by atoms with E-state index in [1.165, 1.54) is 27.8 Å². The van der Waals surface area contributed by atoms with Crippen LogP contribution in [0.1, 0.15) is 34.2 Å². The first-order valence-corrected chi connectivity index (χ1v) is 8.69. The average Bonchev–Trinajstić information content (AvgIpc) is 2.61. The Morgan fingerprint density at radius 3 is 2.75 bits per heavy atom. The standard InChI is InChI=1S/C21H26N2O/c1-15-8-11-20(24-3)17(14-15)9-10-18-16(2)6-4-7-19(18)21-22-12-5-13-23-21/h4,6-8,11,14H,5,9-10,12-13H2,1-3H3,(H,22,23). The largest absolute Gasteiger partial charge is 0.496 e. The number of nitrogens with zero attached hydrogens (tertiary/aromatic N) is 1. The summed E-state index contributed by atoms with van der Waals surface area (Å²) < 4.78 is 5.53. The van der Waals surface area contributed by atoms with Crippen molar-refractivity contribution in [2.75, 3.05) is 20.2 Å². The summed E-state index contributed by atoms with van der Waals surface area (Å²) in [5.41, 5.74) is 6.50. The monoisotopic (exact) mass is 322 g/mol. The third-order valence-corrected chi connectivity index (χ3v) is 4.64. The lowest BCUT2D eigenvalue weighted by Gasteiger charge is -2.19. The van der Waals surface area contributed by atoms with Crippen molar-refractivity contribution >= 4 is 5.84 Å². The van der Waals surface area contributed by atoms with Gasteiger partial charge in [0.2, 0.25) is 0 Å². The van der Waals surface area contributed by atoms with E-state index in [1.807, 2.05) is 0 Å². The van der Waals surface area contributed by atoms with Gasteiger partial charge >= 0.3 is 0 Å². The molecule has 0 amide bonds. The first-order valence-electron chi connectivity index (χ1n) is 8.69. The molecule has 1 aliphatic heterocycles. The zero-order valence-electron chi connectivity index (χ0n) is 14.9. The zero-order valence-corrected chi connectivity index (χ0v) is 14.9. The fourth-order valence-corrected chi connectivity index (χ4v) is 3.33. The van der Waals surface area contributed by atoms with Gasteiger partial charge in [-0.25, -0.2) is 0 Å². The molecule has 0 saturated heterocycles. The van der Waals surface area contributed by atoms with Crippen LogP contribution in [0.15, 0.2) is 41.4 Å². The van der Waals surface area contributed by atoms with E-state index >= 15 is 0 Å². The summed E-state index contributed by atoms with van der Waals surface area (Å²) in [6.07, 6.45) is 3.07. The molecular formula is C21H26N2O. The minimum absolute atomic E-state index is 0.918. The van der Waals surface area contributed by atoms with Crippen LogP contribution in [0.5, 0.6) is 5.75 Å². The number of aliphatic imine (C=N–C) groups is 1. The van der Waals surface area contributed by atoms with Crippen LogP contribution in [0, 0.1) is 13.8 Å². The van der Waals surface area contributed by atoms with Gasteiger partial charge in [0.15, 0.2) is 0 Å². The van der Waals surface area contributed by atoms with Crippen molar-refractivity contribution in [1.82, 2.24) is 5.32 Å². The number of ether oxygens (including phenoxy) is 1. The fraction of sp³-hybridized carbons (Fsp3) is 0.381. The fourth-order valence-electron chi connectivity index (χ4n) is 3.33. The lowest BCUT2D eigenvalue weighted by atomic mass is 9.94. The maximum Gasteiger partial charge on any atom is 0.128 e. The first-order chi connectivity index (χ1) is 11.7. The van der Waals surface area contributed by atoms with Gasteiger partial charge in [-0.3, -0.25) is 4.99 Å². The second-order valence-electron chi connectivity index (χ2n) is 6.43. The van der Waals surface area contributed by atoms with Gasteiger partial charge in [-0.15, -0.1) is 0 Å². The predicted octanol–water partition coefficient (Wildman–Crippen LogP) is 3.84. The van der Waals surface area contributed by atoms with Crippen molar-refractivity contribution in [1.29, 1.82) is 0 Å². The number of nitrogens with one attached hydrogen (secondary N) is 1.